The van der Waals surface area contributed by atoms with Crippen molar-refractivity contribution >= 4 is 17.5 Å². The van der Waals surface area contributed by atoms with Crippen LogP contribution in [0.2, 0.25) is 0 Å². The number of aromatic nitrogens is 1. The smallest absolute Gasteiger partial charge is 0.266 e. The van der Waals surface area contributed by atoms with Crippen LogP contribution >= 0.6 is 0 Å². The zero-order valence-corrected chi connectivity index (χ0v) is 10.2. The minimum atomic E-state index is -0.326. The molecule has 0 saturated carbocycles. The molecule has 0 fully saturated rings. The topological polar surface area (TPSA) is 59.5 Å². The highest BCUT2D eigenvalue weighted by molar-refractivity contribution is 6.34. The highest BCUT2D eigenvalue weighted by atomic mass is 16.5. The molecule has 5 heteroatoms. The van der Waals surface area contributed by atoms with Gasteiger partial charge in [-0.05, 0) is 18.2 Å². The second-order valence-electron chi connectivity index (χ2n) is 4.05. The highest BCUT2D eigenvalue weighted by Crippen LogP contribution is 2.28. The summed E-state index contributed by atoms with van der Waals surface area (Å²) in [6, 6.07) is 10.0. The first-order valence-corrected chi connectivity index (χ1v) is 5.70. The SMILES string of the molecule is COc1ccc(N2C(=O)c3ccccc3C2=O)cn1. The highest BCUT2D eigenvalue weighted by Gasteiger charge is 2.36. The number of carbonyl (C=O) groups is 2. The van der Waals surface area contributed by atoms with E-state index in [-0.39, 0.29) is 11.8 Å². The fourth-order valence-electron chi connectivity index (χ4n) is 2.05. The second-order valence-corrected chi connectivity index (χ2v) is 4.05. The van der Waals surface area contributed by atoms with E-state index in [1.54, 1.807) is 36.4 Å². The Morgan fingerprint density at radius 2 is 1.63 bits per heavy atom. The lowest BCUT2D eigenvalue weighted by molar-refractivity contribution is 0.0926. The number of nitrogens with zero attached hydrogens (tertiary/aromatic N) is 2. The van der Waals surface area contributed by atoms with Crippen LogP contribution in [0.1, 0.15) is 20.7 Å². The maximum absolute atomic E-state index is 12.2. The van der Waals surface area contributed by atoms with Crippen molar-refractivity contribution in [2.24, 2.45) is 0 Å². The van der Waals surface area contributed by atoms with E-state index in [1.165, 1.54) is 13.3 Å². The first kappa shape index (κ1) is 11.4. The van der Waals surface area contributed by atoms with Crippen molar-refractivity contribution in [3.8, 4) is 5.88 Å². The number of amides is 2. The van der Waals surface area contributed by atoms with Crippen LogP contribution in [0.4, 0.5) is 5.69 Å². The summed E-state index contributed by atoms with van der Waals surface area (Å²) in [4.78, 5) is 29.5. The molecule has 2 aromatic rings. The maximum atomic E-state index is 12.2. The Balaban J connectivity index is 2.03. The van der Waals surface area contributed by atoms with Gasteiger partial charge in [0.15, 0.2) is 0 Å². The van der Waals surface area contributed by atoms with E-state index >= 15 is 0 Å². The number of anilines is 1. The van der Waals surface area contributed by atoms with Gasteiger partial charge < -0.3 is 4.74 Å². The van der Waals surface area contributed by atoms with Crippen LogP contribution in [0, 0.1) is 0 Å². The minimum absolute atomic E-state index is 0.326. The molecular weight excluding hydrogens is 244 g/mol. The van der Waals surface area contributed by atoms with E-state index in [0.29, 0.717) is 22.7 Å². The molecule has 0 bridgehead atoms. The fourth-order valence-corrected chi connectivity index (χ4v) is 2.05. The Kier molecular flexibility index (Phi) is 2.52. The molecule has 0 atom stereocenters. The van der Waals surface area contributed by atoms with E-state index in [4.69, 9.17) is 4.74 Å². The van der Waals surface area contributed by atoms with Gasteiger partial charge >= 0.3 is 0 Å². The van der Waals surface area contributed by atoms with Gasteiger partial charge in [-0.1, -0.05) is 12.1 Å². The number of methoxy groups -OCH3 is 1. The van der Waals surface area contributed by atoms with Crippen molar-refractivity contribution in [3.05, 3.63) is 53.7 Å². The number of imide groups is 1. The predicted octanol–water partition coefficient (Wildman–Crippen LogP) is 1.89. The summed E-state index contributed by atoms with van der Waals surface area (Å²) >= 11 is 0. The Bertz CT molecular complexity index is 630. The van der Waals surface area contributed by atoms with E-state index < -0.39 is 0 Å². The molecule has 3 rings (SSSR count). The van der Waals surface area contributed by atoms with E-state index in [2.05, 4.69) is 4.98 Å². The largest absolute Gasteiger partial charge is 0.481 e. The summed E-state index contributed by atoms with van der Waals surface area (Å²) < 4.78 is 4.95. The van der Waals surface area contributed by atoms with Crippen LogP contribution in [0.15, 0.2) is 42.6 Å². The lowest BCUT2D eigenvalue weighted by atomic mass is 10.1. The normalized spacial score (nSPS) is 13.6. The lowest BCUT2D eigenvalue weighted by Crippen LogP contribution is -2.29. The molecule has 1 aliphatic rings. The molecule has 0 saturated heterocycles. The van der Waals surface area contributed by atoms with Gasteiger partial charge in [0.25, 0.3) is 11.8 Å². The van der Waals surface area contributed by atoms with Crippen LogP contribution < -0.4 is 9.64 Å². The van der Waals surface area contributed by atoms with Crippen LogP contribution in [0.5, 0.6) is 5.88 Å². The molecule has 2 amide bonds. The molecule has 1 aromatic carbocycles. The molecule has 0 spiro atoms. The Morgan fingerprint density at radius 3 is 2.11 bits per heavy atom. The van der Waals surface area contributed by atoms with Crippen LogP contribution in [-0.2, 0) is 0 Å². The summed E-state index contributed by atoms with van der Waals surface area (Å²) in [5.74, 6) is -0.222. The molecule has 1 aliphatic heterocycles. The van der Waals surface area contributed by atoms with Gasteiger partial charge in [-0.2, -0.15) is 0 Å². The first-order chi connectivity index (χ1) is 9.22. The molecule has 0 N–H and O–H groups in total. The van der Waals surface area contributed by atoms with Crippen molar-refractivity contribution in [3.63, 3.8) is 0 Å². The third kappa shape index (κ3) is 1.67. The lowest BCUT2D eigenvalue weighted by Gasteiger charge is -2.13. The number of carbonyl (C=O) groups excluding carboxylic acids is 2. The molecule has 19 heavy (non-hydrogen) atoms. The van der Waals surface area contributed by atoms with Crippen LogP contribution in [0.3, 0.4) is 0 Å². The zero-order chi connectivity index (χ0) is 13.4. The van der Waals surface area contributed by atoms with E-state index in [9.17, 15) is 9.59 Å². The van der Waals surface area contributed by atoms with E-state index in [1.807, 2.05) is 0 Å². The number of hydrogen-bond donors (Lipinski definition) is 0. The van der Waals surface area contributed by atoms with Crippen molar-refractivity contribution < 1.29 is 14.3 Å². The second kappa shape index (κ2) is 4.20. The number of fused-ring (bicyclic) bond motifs is 1. The van der Waals surface area contributed by atoms with Gasteiger partial charge in [-0.15, -0.1) is 0 Å². The van der Waals surface area contributed by atoms with Gasteiger partial charge in [0, 0.05) is 6.07 Å². The van der Waals surface area contributed by atoms with Crippen LogP contribution in [0.25, 0.3) is 0 Å². The van der Waals surface area contributed by atoms with Gasteiger partial charge in [0.05, 0.1) is 30.1 Å². The summed E-state index contributed by atoms with van der Waals surface area (Å²) in [7, 11) is 1.50. The quantitative estimate of drug-likeness (QED) is 0.768. The van der Waals surface area contributed by atoms with Gasteiger partial charge in [0.2, 0.25) is 5.88 Å². The summed E-state index contributed by atoms with van der Waals surface area (Å²) in [6.07, 6.45) is 1.44. The van der Waals surface area contributed by atoms with Crippen molar-refractivity contribution in [2.75, 3.05) is 12.0 Å². The monoisotopic (exact) mass is 254 g/mol. The first-order valence-electron chi connectivity index (χ1n) is 5.70. The zero-order valence-electron chi connectivity index (χ0n) is 10.2. The molecule has 0 unspecified atom stereocenters. The summed E-state index contributed by atoms with van der Waals surface area (Å²) in [5, 5.41) is 0. The molecule has 0 radical (unpaired) electrons. The Hall–Kier alpha value is -2.69. The maximum Gasteiger partial charge on any atom is 0.266 e. The van der Waals surface area contributed by atoms with Crippen molar-refractivity contribution in [2.45, 2.75) is 0 Å². The van der Waals surface area contributed by atoms with Crippen LogP contribution in [-0.4, -0.2) is 23.9 Å². The van der Waals surface area contributed by atoms with E-state index in [0.717, 1.165) is 4.90 Å². The standard InChI is InChI=1S/C14H10N2O3/c1-19-12-7-6-9(8-15-12)16-13(17)10-4-2-3-5-11(10)14(16)18/h2-8H,1H3. The molecular formula is C14H10N2O3. The third-order valence-corrected chi connectivity index (χ3v) is 2.98. The average Bonchev–Trinajstić information content (AvgIpc) is 2.72. The van der Waals surface area contributed by atoms with Gasteiger partial charge in [-0.3, -0.25) is 9.59 Å². The summed E-state index contributed by atoms with van der Waals surface area (Å²) in [6.45, 7) is 0. The number of pyridine rings is 1. The Labute approximate surface area is 109 Å². The predicted molar refractivity (Wildman–Crippen MR) is 68.4 cm³/mol. The summed E-state index contributed by atoms with van der Waals surface area (Å²) in [5.41, 5.74) is 1.28. The Morgan fingerprint density at radius 1 is 1.00 bits per heavy atom. The number of hydrogen-bond acceptors (Lipinski definition) is 4. The van der Waals surface area contributed by atoms with Crippen molar-refractivity contribution in [1.29, 1.82) is 0 Å². The molecule has 2 heterocycles. The van der Waals surface area contributed by atoms with Gasteiger partial charge in [-0.25, -0.2) is 9.88 Å². The average molecular weight is 254 g/mol. The minimum Gasteiger partial charge on any atom is -0.481 e. The number of benzene rings is 1. The fraction of sp³-hybridized carbons (Fsp3) is 0.0714. The van der Waals surface area contributed by atoms with Crippen molar-refractivity contribution in [1.82, 2.24) is 4.98 Å². The third-order valence-electron chi connectivity index (χ3n) is 2.98. The number of rotatable bonds is 2. The molecule has 0 aliphatic carbocycles. The number of ether oxygens (including phenoxy) is 1. The van der Waals surface area contributed by atoms with Gasteiger partial charge in [0.1, 0.15) is 0 Å². The molecule has 1 aromatic heterocycles. The molecule has 94 valence electrons. The molecule has 5 nitrogen and oxygen atoms in total.